The Morgan fingerprint density at radius 2 is 1.90 bits per heavy atom. The normalized spacial score (nSPS) is 15.2. The highest BCUT2D eigenvalue weighted by molar-refractivity contribution is 7.11. The molecule has 0 spiro atoms. The van der Waals surface area contributed by atoms with Crippen molar-refractivity contribution in [2.45, 2.75) is 13.5 Å². The van der Waals surface area contributed by atoms with Crippen molar-refractivity contribution in [2.75, 3.05) is 12.1 Å². The van der Waals surface area contributed by atoms with Gasteiger partial charge in [0.05, 0.1) is 12.1 Å². The van der Waals surface area contributed by atoms with E-state index in [-0.39, 0.29) is 30.8 Å². The lowest BCUT2D eigenvalue weighted by atomic mass is 10.1. The van der Waals surface area contributed by atoms with Gasteiger partial charge in [-0.25, -0.2) is 0 Å². The van der Waals surface area contributed by atoms with E-state index in [1.165, 1.54) is 16.2 Å². The average Bonchev–Trinajstić information content (AvgIpc) is 3.49. The molecule has 0 atom stereocenters. The number of fused-ring (bicyclic) bond motifs is 1. The number of hydrogen-bond donors (Lipinski definition) is 1. The summed E-state index contributed by atoms with van der Waals surface area (Å²) < 4.78 is 10.8. The van der Waals surface area contributed by atoms with Crippen LogP contribution in [0.3, 0.4) is 0 Å². The molecule has 3 heterocycles. The Kier molecular flexibility index (Phi) is 4.92. The number of ether oxygens (including phenoxy) is 2. The van der Waals surface area contributed by atoms with Crippen LogP contribution in [0.1, 0.15) is 16.0 Å². The van der Waals surface area contributed by atoms with Gasteiger partial charge in [-0.05, 0) is 53.8 Å². The number of hydrogen-bond acceptors (Lipinski definition) is 6. The van der Waals surface area contributed by atoms with E-state index >= 15 is 0 Å². The molecule has 0 fully saturated rings. The quantitative estimate of drug-likeness (QED) is 0.561. The molecule has 0 unspecified atom stereocenters. The number of nitrogens with one attached hydrogen (secondary N) is 1. The van der Waals surface area contributed by atoms with Crippen LogP contribution in [0.25, 0.3) is 5.57 Å². The second kappa shape index (κ2) is 7.76. The van der Waals surface area contributed by atoms with Gasteiger partial charge in [0.2, 0.25) is 6.79 Å². The minimum absolute atomic E-state index is 0.128. The number of anilines is 1. The maximum atomic E-state index is 13.4. The first-order valence-electron chi connectivity index (χ1n) is 9.58. The minimum atomic E-state index is -0.384. The van der Waals surface area contributed by atoms with Crippen molar-refractivity contribution < 1.29 is 19.1 Å². The fraction of sp³-hybridized carbons (Fsp3) is 0.130. The van der Waals surface area contributed by atoms with Crippen LogP contribution in [0.2, 0.25) is 5.02 Å². The van der Waals surface area contributed by atoms with Crippen molar-refractivity contribution in [1.29, 1.82) is 0 Å². The van der Waals surface area contributed by atoms with Gasteiger partial charge in [0.25, 0.3) is 11.8 Å². The van der Waals surface area contributed by atoms with Gasteiger partial charge in [-0.3, -0.25) is 14.5 Å². The molecule has 2 aliphatic heterocycles. The highest BCUT2D eigenvalue weighted by Gasteiger charge is 2.40. The second-order valence-electron chi connectivity index (χ2n) is 7.15. The van der Waals surface area contributed by atoms with Crippen LogP contribution in [0.15, 0.2) is 59.6 Å². The lowest BCUT2D eigenvalue weighted by Crippen LogP contribution is -2.32. The van der Waals surface area contributed by atoms with Gasteiger partial charge in [-0.15, -0.1) is 11.3 Å². The molecule has 0 radical (unpaired) electrons. The van der Waals surface area contributed by atoms with E-state index in [1.54, 1.807) is 24.3 Å². The third-order valence-corrected chi connectivity index (χ3v) is 6.54. The van der Waals surface area contributed by atoms with Crippen LogP contribution < -0.4 is 14.8 Å². The molecular formula is C23H17ClN2O4S. The highest BCUT2D eigenvalue weighted by Crippen LogP contribution is 2.37. The largest absolute Gasteiger partial charge is 0.454 e. The molecule has 0 saturated heterocycles. The summed E-state index contributed by atoms with van der Waals surface area (Å²) in [4.78, 5) is 28.7. The van der Waals surface area contributed by atoms with Gasteiger partial charge in [0.15, 0.2) is 11.5 Å². The number of benzene rings is 2. The third kappa shape index (κ3) is 3.45. The van der Waals surface area contributed by atoms with Crippen LogP contribution >= 0.6 is 22.9 Å². The second-order valence-corrected chi connectivity index (χ2v) is 8.50. The fourth-order valence-corrected chi connectivity index (χ4v) is 4.53. The predicted molar refractivity (Wildman–Crippen MR) is 119 cm³/mol. The topological polar surface area (TPSA) is 67.9 Å². The Labute approximate surface area is 187 Å². The zero-order chi connectivity index (χ0) is 21.5. The van der Waals surface area contributed by atoms with E-state index < -0.39 is 0 Å². The summed E-state index contributed by atoms with van der Waals surface area (Å²) in [7, 11) is 0. The number of amides is 2. The van der Waals surface area contributed by atoms with Crippen LogP contribution in [0, 0.1) is 6.92 Å². The van der Waals surface area contributed by atoms with Gasteiger partial charge in [0.1, 0.15) is 5.70 Å². The van der Waals surface area contributed by atoms with Crippen molar-refractivity contribution in [3.05, 3.63) is 80.6 Å². The molecule has 1 N–H and O–H groups in total. The third-order valence-electron chi connectivity index (χ3n) is 5.24. The van der Waals surface area contributed by atoms with Gasteiger partial charge in [-0.2, -0.15) is 0 Å². The van der Waals surface area contributed by atoms with Gasteiger partial charge in [0, 0.05) is 15.6 Å². The number of imide groups is 1. The molecule has 2 aromatic carbocycles. The zero-order valence-electron chi connectivity index (χ0n) is 16.5. The lowest BCUT2D eigenvalue weighted by molar-refractivity contribution is -0.137. The van der Waals surface area contributed by atoms with Crippen LogP contribution in [-0.2, 0) is 16.1 Å². The molecule has 156 valence electrons. The van der Waals surface area contributed by atoms with Gasteiger partial charge >= 0.3 is 0 Å². The van der Waals surface area contributed by atoms with Crippen LogP contribution in [-0.4, -0.2) is 23.5 Å². The van der Waals surface area contributed by atoms with E-state index in [0.29, 0.717) is 27.8 Å². The summed E-state index contributed by atoms with van der Waals surface area (Å²) in [6, 6.07) is 14.5. The van der Waals surface area contributed by atoms with Crippen molar-refractivity contribution >= 4 is 46.0 Å². The first kappa shape index (κ1) is 19.7. The molecule has 31 heavy (non-hydrogen) atoms. The van der Waals surface area contributed by atoms with Crippen molar-refractivity contribution in [3.63, 3.8) is 0 Å². The molecule has 2 aliphatic rings. The smallest absolute Gasteiger partial charge is 0.278 e. The lowest BCUT2D eigenvalue weighted by Gasteiger charge is -2.16. The molecule has 5 rings (SSSR count). The number of rotatable bonds is 5. The fourth-order valence-electron chi connectivity index (χ4n) is 3.58. The standard InChI is InChI=1S/C23H17ClN2O4S/c1-13-15(24)4-2-5-16(13)25-21-20(19-6-3-9-31-19)22(27)26(23(21)28)11-14-7-8-17-18(10-14)30-12-29-17/h2-10,25H,11-12H2,1H3. The summed E-state index contributed by atoms with van der Waals surface area (Å²) in [6.07, 6.45) is 0. The summed E-state index contributed by atoms with van der Waals surface area (Å²) >= 11 is 7.66. The van der Waals surface area contributed by atoms with Crippen molar-refractivity contribution in [2.24, 2.45) is 0 Å². The van der Waals surface area contributed by atoms with E-state index in [1.807, 2.05) is 36.6 Å². The molecule has 0 aliphatic carbocycles. The summed E-state index contributed by atoms with van der Waals surface area (Å²) in [5, 5.41) is 5.63. The SMILES string of the molecule is Cc1c(Cl)cccc1NC1=C(c2cccs2)C(=O)N(Cc2ccc3c(c2)OCO3)C1=O. The van der Waals surface area contributed by atoms with E-state index in [2.05, 4.69) is 5.32 Å². The molecule has 8 heteroatoms. The molecule has 3 aromatic rings. The molecule has 6 nitrogen and oxygen atoms in total. The number of carbonyl (C=O) groups excluding carboxylic acids is 2. The van der Waals surface area contributed by atoms with E-state index in [9.17, 15) is 9.59 Å². The van der Waals surface area contributed by atoms with Crippen molar-refractivity contribution in [3.8, 4) is 11.5 Å². The van der Waals surface area contributed by atoms with Crippen molar-refractivity contribution in [1.82, 2.24) is 4.90 Å². The molecular weight excluding hydrogens is 436 g/mol. The summed E-state index contributed by atoms with van der Waals surface area (Å²) in [5.41, 5.74) is 2.87. The number of thiophene rings is 1. The Hall–Kier alpha value is -3.29. The number of halogens is 1. The minimum Gasteiger partial charge on any atom is -0.454 e. The van der Waals surface area contributed by atoms with Gasteiger partial charge < -0.3 is 14.8 Å². The van der Waals surface area contributed by atoms with Gasteiger partial charge in [-0.1, -0.05) is 29.8 Å². The van der Waals surface area contributed by atoms with Crippen LogP contribution in [0.5, 0.6) is 11.5 Å². The summed E-state index contributed by atoms with van der Waals surface area (Å²) in [6.45, 7) is 2.15. The Morgan fingerprint density at radius 1 is 1.06 bits per heavy atom. The monoisotopic (exact) mass is 452 g/mol. The maximum absolute atomic E-state index is 13.4. The zero-order valence-corrected chi connectivity index (χ0v) is 18.0. The van der Waals surface area contributed by atoms with E-state index in [4.69, 9.17) is 21.1 Å². The molecule has 0 saturated carbocycles. The Bertz CT molecular complexity index is 1240. The Balaban J connectivity index is 1.50. The summed E-state index contributed by atoms with van der Waals surface area (Å²) in [5.74, 6) is 0.535. The first-order chi connectivity index (χ1) is 15.0. The number of carbonyl (C=O) groups is 2. The molecule has 1 aromatic heterocycles. The van der Waals surface area contributed by atoms with Crippen LogP contribution in [0.4, 0.5) is 5.69 Å². The maximum Gasteiger partial charge on any atom is 0.278 e. The molecule has 2 amide bonds. The van der Waals surface area contributed by atoms with E-state index in [0.717, 1.165) is 16.0 Å². The average molecular weight is 453 g/mol. The predicted octanol–water partition coefficient (Wildman–Crippen LogP) is 4.83. The highest BCUT2D eigenvalue weighted by atomic mass is 35.5. The molecule has 0 bridgehead atoms. The number of nitrogens with zero attached hydrogens (tertiary/aromatic N) is 1. The first-order valence-corrected chi connectivity index (χ1v) is 10.8. The Morgan fingerprint density at radius 3 is 2.71 bits per heavy atom.